The van der Waals surface area contributed by atoms with Crippen molar-refractivity contribution >= 4 is 17.4 Å². The molecule has 6 nitrogen and oxygen atoms in total. The summed E-state index contributed by atoms with van der Waals surface area (Å²) in [6.45, 7) is 15.9. The number of Topliss-reactive ketones (excluding diaryl/α,β-unsaturated/α-hetero) is 1. The minimum Gasteiger partial charge on any atom is -0.384 e. The van der Waals surface area contributed by atoms with Gasteiger partial charge in [0, 0.05) is 32.1 Å². The average Bonchev–Trinajstić information content (AvgIpc) is 2.53. The first-order chi connectivity index (χ1) is 11.1. The van der Waals surface area contributed by atoms with Crippen molar-refractivity contribution in [3.05, 3.63) is 36.1 Å². The summed E-state index contributed by atoms with van der Waals surface area (Å²) in [5, 5.41) is 9.76. The van der Waals surface area contributed by atoms with Crippen LogP contribution in [0.3, 0.4) is 0 Å². The zero-order valence-corrected chi connectivity index (χ0v) is 15.6. The van der Waals surface area contributed by atoms with E-state index in [2.05, 4.69) is 34.3 Å². The van der Waals surface area contributed by atoms with Gasteiger partial charge in [0.2, 0.25) is 0 Å². The van der Waals surface area contributed by atoms with E-state index in [0.29, 0.717) is 29.4 Å². The second kappa shape index (κ2) is 10.4. The number of allylic oxidation sites excluding steroid dienone is 3. The lowest BCUT2D eigenvalue weighted by molar-refractivity contribution is -0.118. The van der Waals surface area contributed by atoms with Gasteiger partial charge in [0.1, 0.15) is 5.70 Å². The normalized spacial score (nSPS) is 12.2. The van der Waals surface area contributed by atoms with Crippen LogP contribution in [0.2, 0.25) is 0 Å². The van der Waals surface area contributed by atoms with Gasteiger partial charge < -0.3 is 16.1 Å². The Bertz CT molecular complexity index is 557. The van der Waals surface area contributed by atoms with Crippen LogP contribution in [-0.4, -0.2) is 38.0 Å². The number of rotatable bonds is 10. The maximum atomic E-state index is 12.2. The summed E-state index contributed by atoms with van der Waals surface area (Å²) in [6, 6.07) is 0. The molecule has 0 saturated heterocycles. The van der Waals surface area contributed by atoms with Gasteiger partial charge in [-0.1, -0.05) is 40.9 Å². The molecule has 24 heavy (non-hydrogen) atoms. The predicted molar refractivity (Wildman–Crippen MR) is 99.6 cm³/mol. The van der Waals surface area contributed by atoms with Crippen molar-refractivity contribution in [1.82, 2.24) is 16.1 Å². The van der Waals surface area contributed by atoms with Crippen molar-refractivity contribution in [2.45, 2.75) is 27.7 Å². The molecule has 0 aliphatic carbocycles. The minimum absolute atomic E-state index is 0.117. The molecular weight excluding hydrogens is 304 g/mol. The molecule has 0 radical (unpaired) electrons. The number of hydrogen-bond donors (Lipinski definition) is 3. The van der Waals surface area contributed by atoms with E-state index in [-0.39, 0.29) is 23.2 Å². The van der Waals surface area contributed by atoms with E-state index in [1.807, 2.05) is 13.8 Å². The number of nitrogens with one attached hydrogen (secondary N) is 3. The summed E-state index contributed by atoms with van der Waals surface area (Å²) < 4.78 is 0. The van der Waals surface area contributed by atoms with Gasteiger partial charge in [-0.3, -0.25) is 9.59 Å². The average molecular weight is 334 g/mol. The third-order valence-corrected chi connectivity index (χ3v) is 3.14. The van der Waals surface area contributed by atoms with Gasteiger partial charge in [-0.05, 0) is 17.6 Å². The first kappa shape index (κ1) is 21.6. The summed E-state index contributed by atoms with van der Waals surface area (Å²) in [6.07, 6.45) is 1.56. The summed E-state index contributed by atoms with van der Waals surface area (Å²) in [7, 11) is 3.27. The largest absolute Gasteiger partial charge is 0.384 e. The van der Waals surface area contributed by atoms with Gasteiger partial charge in [0.05, 0.1) is 5.71 Å². The third-order valence-electron chi connectivity index (χ3n) is 3.14. The number of nitrogens with zero attached hydrogens (tertiary/aromatic N) is 1. The highest BCUT2D eigenvalue weighted by atomic mass is 16.2. The van der Waals surface area contributed by atoms with Gasteiger partial charge in [-0.2, -0.15) is 5.10 Å². The highest BCUT2D eigenvalue weighted by Crippen LogP contribution is 2.13. The van der Waals surface area contributed by atoms with Gasteiger partial charge in [-0.15, -0.1) is 0 Å². The number of amides is 1. The van der Waals surface area contributed by atoms with Crippen molar-refractivity contribution < 1.29 is 9.59 Å². The number of carbonyl (C=O) groups is 2. The molecule has 1 amide bonds. The molecule has 0 fully saturated rings. The maximum absolute atomic E-state index is 12.2. The molecule has 3 N–H and O–H groups in total. The Balaban J connectivity index is 5.42. The van der Waals surface area contributed by atoms with E-state index < -0.39 is 0 Å². The second-order valence-electron chi connectivity index (χ2n) is 6.12. The zero-order chi connectivity index (χ0) is 18.9. The Morgan fingerprint density at radius 1 is 1.12 bits per heavy atom. The highest BCUT2D eigenvalue weighted by molar-refractivity contribution is 6.29. The maximum Gasteiger partial charge on any atom is 0.267 e. The summed E-state index contributed by atoms with van der Waals surface area (Å²) in [5.74, 6) is -0.208. The quantitative estimate of drug-likeness (QED) is 0.246. The Kier molecular flexibility index (Phi) is 9.38. The predicted octanol–water partition coefficient (Wildman–Crippen LogP) is 1.77. The first-order valence-corrected chi connectivity index (χ1v) is 8.00. The van der Waals surface area contributed by atoms with E-state index in [0.717, 1.165) is 0 Å². The molecule has 0 unspecified atom stereocenters. The Morgan fingerprint density at radius 3 is 2.12 bits per heavy atom. The molecule has 0 aliphatic heterocycles. The monoisotopic (exact) mass is 334 g/mol. The molecule has 0 aliphatic rings. The molecule has 0 bridgehead atoms. The molecular formula is C18H30N4O2. The summed E-state index contributed by atoms with van der Waals surface area (Å²) in [5.41, 5.74) is 4.01. The third kappa shape index (κ3) is 6.81. The molecule has 0 saturated carbocycles. The van der Waals surface area contributed by atoms with Gasteiger partial charge in [0.25, 0.3) is 5.91 Å². The Morgan fingerprint density at radius 2 is 1.71 bits per heavy atom. The lowest BCUT2D eigenvalue weighted by atomic mass is 9.94. The Hall–Kier alpha value is -2.37. The van der Waals surface area contributed by atoms with Crippen LogP contribution in [0.1, 0.15) is 27.7 Å². The van der Waals surface area contributed by atoms with Crippen molar-refractivity contribution in [1.29, 1.82) is 0 Å². The lowest BCUT2D eigenvalue weighted by Gasteiger charge is -2.14. The summed E-state index contributed by atoms with van der Waals surface area (Å²) >= 11 is 0. The SMILES string of the molecule is C=C(/C=C(\NC)C(=O)NCC(C)C)/C(=N/NC)C(=C)C(=O)C(C)C. The fourth-order valence-corrected chi connectivity index (χ4v) is 1.80. The minimum atomic E-state index is -0.239. The van der Waals surface area contributed by atoms with Crippen LogP contribution in [0.4, 0.5) is 0 Å². The van der Waals surface area contributed by atoms with Crippen LogP contribution >= 0.6 is 0 Å². The molecule has 134 valence electrons. The standard InChI is InChI=1S/C18H30N4O2/c1-11(2)10-21-18(24)15(19-7)9-13(5)16(22-20-8)14(6)17(23)12(3)4/h9,11-12,19-20H,5-6,10H2,1-4,7-8H3,(H,21,24)/b15-9-,22-16-. The fourth-order valence-electron chi connectivity index (χ4n) is 1.80. The number of hydrogen-bond acceptors (Lipinski definition) is 5. The van der Waals surface area contributed by atoms with Crippen molar-refractivity contribution in [2.24, 2.45) is 16.9 Å². The van der Waals surface area contributed by atoms with Crippen LogP contribution in [0.15, 0.2) is 41.2 Å². The molecule has 6 heteroatoms. The van der Waals surface area contributed by atoms with Crippen molar-refractivity contribution in [3.63, 3.8) is 0 Å². The molecule has 0 aromatic carbocycles. The molecule has 0 aromatic rings. The van der Waals surface area contributed by atoms with E-state index in [9.17, 15) is 9.59 Å². The van der Waals surface area contributed by atoms with Crippen LogP contribution in [0.5, 0.6) is 0 Å². The fraction of sp³-hybridized carbons (Fsp3) is 0.500. The lowest BCUT2D eigenvalue weighted by Crippen LogP contribution is -2.33. The van der Waals surface area contributed by atoms with Crippen molar-refractivity contribution in [3.8, 4) is 0 Å². The van der Waals surface area contributed by atoms with Crippen LogP contribution in [0, 0.1) is 11.8 Å². The highest BCUT2D eigenvalue weighted by Gasteiger charge is 2.19. The van der Waals surface area contributed by atoms with E-state index in [4.69, 9.17) is 0 Å². The van der Waals surface area contributed by atoms with Crippen LogP contribution in [-0.2, 0) is 9.59 Å². The van der Waals surface area contributed by atoms with Gasteiger partial charge in [-0.25, -0.2) is 0 Å². The number of carbonyl (C=O) groups excluding carboxylic acids is 2. The first-order valence-electron chi connectivity index (χ1n) is 8.00. The molecule has 0 aromatic heterocycles. The van der Waals surface area contributed by atoms with Gasteiger partial charge >= 0.3 is 0 Å². The Labute approximate surface area is 145 Å². The molecule has 0 rings (SSSR count). The van der Waals surface area contributed by atoms with Crippen LogP contribution < -0.4 is 16.1 Å². The number of hydrazone groups is 1. The zero-order valence-electron chi connectivity index (χ0n) is 15.6. The molecule has 0 atom stereocenters. The molecule has 0 heterocycles. The smallest absolute Gasteiger partial charge is 0.267 e. The second-order valence-corrected chi connectivity index (χ2v) is 6.12. The summed E-state index contributed by atoms with van der Waals surface area (Å²) in [4.78, 5) is 24.3. The van der Waals surface area contributed by atoms with Crippen LogP contribution in [0.25, 0.3) is 0 Å². The van der Waals surface area contributed by atoms with Gasteiger partial charge in [0.15, 0.2) is 5.78 Å². The van der Waals surface area contributed by atoms with E-state index in [1.165, 1.54) is 0 Å². The topological polar surface area (TPSA) is 82.6 Å². The number of ketones is 1. The molecule has 0 spiro atoms. The number of likely N-dealkylation sites (N-methyl/N-ethyl adjacent to an activating group) is 1. The van der Waals surface area contributed by atoms with E-state index >= 15 is 0 Å². The van der Waals surface area contributed by atoms with E-state index in [1.54, 1.807) is 34.0 Å². The van der Waals surface area contributed by atoms with Crippen molar-refractivity contribution in [2.75, 3.05) is 20.6 Å².